The second kappa shape index (κ2) is 10.0. The van der Waals surface area contributed by atoms with Crippen LogP contribution >= 0.6 is 11.3 Å². The normalized spacial score (nSPS) is 14.7. The number of nitrogens with zero attached hydrogens (tertiary/aromatic N) is 2. The number of nitrogens with one attached hydrogen (secondary N) is 1. The van der Waals surface area contributed by atoms with E-state index in [9.17, 15) is 14.4 Å². The number of furan rings is 1. The summed E-state index contributed by atoms with van der Waals surface area (Å²) in [6.45, 7) is 10.9. The minimum absolute atomic E-state index is 0.0656. The molecule has 0 spiro atoms. The van der Waals surface area contributed by atoms with Crippen LogP contribution in [0.25, 0.3) is 11.0 Å². The molecule has 4 rings (SSSR count). The van der Waals surface area contributed by atoms with Crippen LogP contribution in [0, 0.1) is 13.8 Å². The largest absolute Gasteiger partial charge is 0.488 e. The number of benzene rings is 1. The Hall–Kier alpha value is -3.60. The summed E-state index contributed by atoms with van der Waals surface area (Å²) >= 11 is 1.51. The molecule has 1 fully saturated rings. The van der Waals surface area contributed by atoms with Gasteiger partial charge in [-0.1, -0.05) is 0 Å². The monoisotopic (exact) mass is 529 g/mol. The zero-order chi connectivity index (χ0) is 27.0. The van der Waals surface area contributed by atoms with Gasteiger partial charge >= 0.3 is 12.1 Å². The number of fused-ring (bicyclic) bond motifs is 1. The zero-order valence-corrected chi connectivity index (χ0v) is 22.6. The van der Waals surface area contributed by atoms with Crippen molar-refractivity contribution in [3.63, 3.8) is 0 Å². The number of aromatic nitrogens is 1. The third-order valence-corrected chi connectivity index (χ3v) is 6.78. The van der Waals surface area contributed by atoms with Crippen molar-refractivity contribution >= 4 is 40.3 Å². The molecule has 0 atom stereocenters. The van der Waals surface area contributed by atoms with Crippen LogP contribution in [0.4, 0.5) is 4.79 Å². The number of carbonyl (C=O) groups is 3. The first kappa shape index (κ1) is 26.5. The van der Waals surface area contributed by atoms with Crippen LogP contribution in [0.1, 0.15) is 54.4 Å². The molecular formula is C26H31N3O7S. The molecule has 1 N–H and O–H groups in total. The first-order valence-electron chi connectivity index (χ1n) is 11.9. The lowest BCUT2D eigenvalue weighted by atomic mass is 9.89. The number of hydrogen-bond donors (Lipinski definition) is 1. The Balaban J connectivity index is 1.55. The van der Waals surface area contributed by atoms with Crippen molar-refractivity contribution in [3.05, 3.63) is 45.6 Å². The van der Waals surface area contributed by atoms with Crippen LogP contribution in [0.15, 0.2) is 28.1 Å². The van der Waals surface area contributed by atoms with Crippen molar-refractivity contribution in [2.24, 2.45) is 0 Å². The van der Waals surface area contributed by atoms with Crippen LogP contribution in [-0.4, -0.2) is 58.7 Å². The Bertz CT molecular complexity index is 1330. The van der Waals surface area contributed by atoms with Gasteiger partial charge in [0, 0.05) is 5.39 Å². The van der Waals surface area contributed by atoms with Crippen molar-refractivity contribution in [3.8, 4) is 5.75 Å². The molecular weight excluding hydrogens is 498 g/mol. The van der Waals surface area contributed by atoms with E-state index in [4.69, 9.17) is 18.6 Å². The second-order valence-electron chi connectivity index (χ2n) is 9.93. The number of thiazole rings is 1. The van der Waals surface area contributed by atoms with Crippen molar-refractivity contribution in [1.82, 2.24) is 15.2 Å². The van der Waals surface area contributed by atoms with E-state index in [1.807, 2.05) is 6.92 Å². The van der Waals surface area contributed by atoms with E-state index in [0.717, 1.165) is 10.6 Å². The highest BCUT2D eigenvalue weighted by atomic mass is 32.1. The molecule has 11 heteroatoms. The van der Waals surface area contributed by atoms with E-state index < -0.39 is 29.1 Å². The number of hydrogen-bond acceptors (Lipinski definition) is 9. The summed E-state index contributed by atoms with van der Waals surface area (Å²) in [6.07, 6.45) is -0.565. The van der Waals surface area contributed by atoms with Gasteiger partial charge in [0.1, 0.15) is 29.3 Å². The van der Waals surface area contributed by atoms with Gasteiger partial charge in [0.15, 0.2) is 5.54 Å². The van der Waals surface area contributed by atoms with Crippen molar-refractivity contribution in [2.45, 2.75) is 59.3 Å². The minimum Gasteiger partial charge on any atom is -0.488 e. The lowest BCUT2D eigenvalue weighted by Gasteiger charge is -2.47. The molecule has 0 saturated carbocycles. The second-order valence-corrected chi connectivity index (χ2v) is 10.9. The van der Waals surface area contributed by atoms with Crippen LogP contribution in [0.5, 0.6) is 5.75 Å². The molecule has 0 bridgehead atoms. The number of ether oxygens (including phenoxy) is 3. The molecule has 1 aliphatic heterocycles. The molecule has 0 aliphatic carbocycles. The van der Waals surface area contributed by atoms with Crippen LogP contribution in [-0.2, 0) is 20.9 Å². The predicted molar refractivity (Wildman–Crippen MR) is 137 cm³/mol. The molecule has 1 aliphatic rings. The Morgan fingerprint density at radius 3 is 2.57 bits per heavy atom. The molecule has 3 aromatic rings. The van der Waals surface area contributed by atoms with Crippen LogP contribution in [0.3, 0.4) is 0 Å². The highest BCUT2D eigenvalue weighted by Crippen LogP contribution is 2.32. The van der Waals surface area contributed by atoms with Gasteiger partial charge in [0.2, 0.25) is 0 Å². The Kier molecular flexibility index (Phi) is 7.18. The third kappa shape index (κ3) is 5.56. The maximum Gasteiger partial charge on any atom is 0.410 e. The maximum absolute atomic E-state index is 13.5. The average Bonchev–Trinajstić information content (AvgIpc) is 3.34. The first-order chi connectivity index (χ1) is 17.4. The molecule has 198 valence electrons. The number of carbonyl (C=O) groups excluding carboxylic acids is 3. The summed E-state index contributed by atoms with van der Waals surface area (Å²) < 4.78 is 22.4. The van der Waals surface area contributed by atoms with Gasteiger partial charge in [-0.25, -0.2) is 14.6 Å². The molecule has 37 heavy (non-hydrogen) atoms. The lowest BCUT2D eigenvalue weighted by Crippen LogP contribution is -2.75. The molecule has 1 aromatic carbocycles. The van der Waals surface area contributed by atoms with Crippen molar-refractivity contribution in [2.75, 3.05) is 19.7 Å². The molecule has 3 heterocycles. The first-order valence-corrected chi connectivity index (χ1v) is 12.8. The van der Waals surface area contributed by atoms with E-state index in [0.29, 0.717) is 29.1 Å². The topological polar surface area (TPSA) is 120 Å². The molecule has 0 unspecified atom stereocenters. The summed E-state index contributed by atoms with van der Waals surface area (Å²) in [5.74, 6) is -0.165. The maximum atomic E-state index is 13.5. The van der Waals surface area contributed by atoms with Crippen LogP contribution < -0.4 is 10.1 Å². The summed E-state index contributed by atoms with van der Waals surface area (Å²) in [5, 5.41) is 3.36. The Morgan fingerprint density at radius 2 is 1.95 bits per heavy atom. The van der Waals surface area contributed by atoms with E-state index in [1.54, 1.807) is 58.3 Å². The fourth-order valence-electron chi connectivity index (χ4n) is 4.05. The van der Waals surface area contributed by atoms with Gasteiger partial charge < -0.3 is 28.8 Å². The van der Waals surface area contributed by atoms with Crippen molar-refractivity contribution in [1.29, 1.82) is 0 Å². The van der Waals surface area contributed by atoms with E-state index in [-0.39, 0.29) is 25.3 Å². The van der Waals surface area contributed by atoms with Gasteiger partial charge in [0.25, 0.3) is 5.91 Å². The van der Waals surface area contributed by atoms with Crippen molar-refractivity contribution < 1.29 is 33.0 Å². The number of amides is 2. The van der Waals surface area contributed by atoms with Gasteiger partial charge in [0.05, 0.1) is 41.3 Å². The smallest absolute Gasteiger partial charge is 0.410 e. The molecule has 2 aromatic heterocycles. The van der Waals surface area contributed by atoms with Gasteiger partial charge in [-0.2, -0.15) is 0 Å². The highest BCUT2D eigenvalue weighted by molar-refractivity contribution is 7.09. The number of esters is 1. The van der Waals surface area contributed by atoms with E-state index >= 15 is 0 Å². The zero-order valence-electron chi connectivity index (χ0n) is 21.8. The van der Waals surface area contributed by atoms with Gasteiger partial charge in [-0.3, -0.25) is 4.79 Å². The Morgan fingerprint density at radius 1 is 1.22 bits per heavy atom. The summed E-state index contributed by atoms with van der Waals surface area (Å²) in [6, 6.07) is 5.25. The highest BCUT2D eigenvalue weighted by Gasteiger charge is 2.54. The van der Waals surface area contributed by atoms with Crippen LogP contribution in [0.2, 0.25) is 0 Å². The van der Waals surface area contributed by atoms with E-state index in [2.05, 4.69) is 10.3 Å². The molecule has 10 nitrogen and oxygen atoms in total. The fourth-order valence-corrected chi connectivity index (χ4v) is 4.74. The average molecular weight is 530 g/mol. The number of likely N-dealkylation sites (tertiary alicyclic amines) is 1. The molecule has 1 saturated heterocycles. The standard InChI is InChI=1S/C26H31N3O7S/c1-7-33-23(31)26(12-29(13-26)24(32)36-25(4,5)6)28-22(30)21-16(3)35-19-9-8-17(10-18(19)21)34-11-20-15(2)27-14-37-20/h8-10,14H,7,11-13H2,1-6H3,(H,28,30). The fraction of sp³-hybridized carbons (Fsp3) is 0.462. The minimum atomic E-state index is -1.39. The summed E-state index contributed by atoms with van der Waals surface area (Å²) in [5.41, 5.74) is 1.40. The lowest BCUT2D eigenvalue weighted by molar-refractivity contribution is -0.157. The SMILES string of the molecule is CCOC(=O)C1(NC(=O)c2c(C)oc3ccc(OCc4scnc4C)cc23)CN(C(=O)OC(C)(C)C)C1. The van der Waals surface area contributed by atoms with Gasteiger partial charge in [-0.15, -0.1) is 11.3 Å². The third-order valence-electron chi connectivity index (χ3n) is 5.87. The van der Waals surface area contributed by atoms with E-state index in [1.165, 1.54) is 16.2 Å². The Labute approximate surface area is 218 Å². The predicted octanol–water partition coefficient (Wildman–Crippen LogP) is 4.37. The molecule has 2 amide bonds. The summed E-state index contributed by atoms with van der Waals surface area (Å²) in [7, 11) is 0. The van der Waals surface area contributed by atoms with Gasteiger partial charge in [-0.05, 0) is 59.7 Å². The summed E-state index contributed by atoms with van der Waals surface area (Å²) in [4.78, 5) is 45.4. The quantitative estimate of drug-likeness (QED) is 0.448. The number of aryl methyl sites for hydroxylation is 2. The number of rotatable bonds is 7. The molecule has 0 radical (unpaired) electrons.